The average Bonchev–Trinajstić information content (AvgIpc) is 2.86. The largest absolute Gasteiger partial charge is 0.308 e. The van der Waals surface area contributed by atoms with Gasteiger partial charge in [-0.3, -0.25) is 0 Å². The number of benzene rings is 1. The summed E-state index contributed by atoms with van der Waals surface area (Å²) in [5.74, 6) is 0. The molecule has 0 radical (unpaired) electrons. The molecule has 0 aliphatic rings. The van der Waals surface area contributed by atoms with Crippen LogP contribution in [0.15, 0.2) is 46.3 Å². The molecule has 2 unspecified atom stereocenters. The monoisotopic (exact) mass is 352 g/mol. The standard InChI is InChI=1S/C16H21BrN2S/c1-12(16-9-14(17)11-20-16)18-10-15(19(2)3)13-7-5-4-6-8-13/h4-9,11-12,15,18H,10H2,1-3H3. The molecule has 0 aliphatic carbocycles. The van der Waals surface area contributed by atoms with Crippen molar-refractivity contribution in [3.8, 4) is 0 Å². The van der Waals surface area contributed by atoms with E-state index in [1.165, 1.54) is 14.9 Å². The summed E-state index contributed by atoms with van der Waals surface area (Å²) >= 11 is 5.31. The maximum Gasteiger partial charge on any atom is 0.0467 e. The number of hydrogen-bond donors (Lipinski definition) is 1. The van der Waals surface area contributed by atoms with Crippen LogP contribution in [0.1, 0.15) is 29.4 Å². The molecular weight excluding hydrogens is 332 g/mol. The Labute approximate surface area is 133 Å². The number of nitrogens with zero attached hydrogens (tertiary/aromatic N) is 1. The molecule has 0 spiro atoms. The maximum atomic E-state index is 3.64. The fraction of sp³-hybridized carbons (Fsp3) is 0.375. The van der Waals surface area contributed by atoms with E-state index in [2.05, 4.69) is 88.9 Å². The van der Waals surface area contributed by atoms with Crippen molar-refractivity contribution in [3.63, 3.8) is 0 Å². The van der Waals surface area contributed by atoms with Gasteiger partial charge in [0.1, 0.15) is 0 Å². The van der Waals surface area contributed by atoms with Gasteiger partial charge < -0.3 is 10.2 Å². The van der Waals surface area contributed by atoms with Crippen LogP contribution in [0, 0.1) is 0 Å². The Morgan fingerprint density at radius 3 is 2.50 bits per heavy atom. The zero-order valence-electron chi connectivity index (χ0n) is 12.1. The molecule has 1 heterocycles. The number of thiophene rings is 1. The molecule has 0 amide bonds. The number of rotatable bonds is 6. The smallest absolute Gasteiger partial charge is 0.0467 e. The molecule has 1 aromatic heterocycles. The lowest BCUT2D eigenvalue weighted by atomic mass is 10.1. The normalized spacial score (nSPS) is 14.4. The van der Waals surface area contributed by atoms with E-state index in [9.17, 15) is 0 Å². The SMILES string of the molecule is CC(NCC(c1ccccc1)N(C)C)c1cc(Br)cs1. The third-order valence-electron chi connectivity index (χ3n) is 3.44. The summed E-state index contributed by atoms with van der Waals surface area (Å²) in [5.41, 5.74) is 1.35. The minimum Gasteiger partial charge on any atom is -0.308 e. The van der Waals surface area contributed by atoms with Gasteiger partial charge in [-0.1, -0.05) is 30.3 Å². The van der Waals surface area contributed by atoms with Gasteiger partial charge in [-0.2, -0.15) is 0 Å². The van der Waals surface area contributed by atoms with Crippen molar-refractivity contribution in [2.24, 2.45) is 0 Å². The third-order valence-corrected chi connectivity index (χ3v) is 5.32. The predicted molar refractivity (Wildman–Crippen MR) is 91.3 cm³/mol. The summed E-state index contributed by atoms with van der Waals surface area (Å²) in [4.78, 5) is 3.63. The number of nitrogens with one attached hydrogen (secondary N) is 1. The summed E-state index contributed by atoms with van der Waals surface area (Å²) in [6.45, 7) is 3.16. The summed E-state index contributed by atoms with van der Waals surface area (Å²) in [5, 5.41) is 5.77. The van der Waals surface area contributed by atoms with Crippen molar-refractivity contribution in [1.29, 1.82) is 0 Å². The second kappa shape index (κ2) is 7.36. The highest BCUT2D eigenvalue weighted by Crippen LogP contribution is 2.26. The molecule has 2 atom stereocenters. The zero-order chi connectivity index (χ0) is 14.5. The van der Waals surface area contributed by atoms with Gasteiger partial charge in [-0.15, -0.1) is 11.3 Å². The number of halogens is 1. The van der Waals surface area contributed by atoms with Crippen LogP contribution >= 0.6 is 27.3 Å². The van der Waals surface area contributed by atoms with Gasteiger partial charge in [0.05, 0.1) is 0 Å². The lowest BCUT2D eigenvalue weighted by Crippen LogP contribution is -2.32. The van der Waals surface area contributed by atoms with Crippen molar-refractivity contribution in [2.45, 2.75) is 19.0 Å². The van der Waals surface area contributed by atoms with Gasteiger partial charge in [-0.05, 0) is 48.6 Å². The van der Waals surface area contributed by atoms with Gasteiger partial charge in [0.15, 0.2) is 0 Å². The summed E-state index contributed by atoms with van der Waals surface area (Å²) < 4.78 is 1.17. The van der Waals surface area contributed by atoms with Crippen molar-refractivity contribution in [1.82, 2.24) is 10.2 Å². The highest BCUT2D eigenvalue weighted by atomic mass is 79.9. The van der Waals surface area contributed by atoms with Gasteiger partial charge in [0.25, 0.3) is 0 Å². The highest BCUT2D eigenvalue weighted by molar-refractivity contribution is 9.10. The Kier molecular flexibility index (Phi) is 5.78. The van der Waals surface area contributed by atoms with Crippen LogP contribution < -0.4 is 5.32 Å². The molecule has 20 heavy (non-hydrogen) atoms. The Bertz CT molecular complexity index is 524. The molecule has 1 N–H and O–H groups in total. The van der Waals surface area contributed by atoms with Crippen LogP contribution in [-0.4, -0.2) is 25.5 Å². The van der Waals surface area contributed by atoms with E-state index in [-0.39, 0.29) is 0 Å². The highest BCUT2D eigenvalue weighted by Gasteiger charge is 2.15. The van der Waals surface area contributed by atoms with Crippen LogP contribution in [0.2, 0.25) is 0 Å². The van der Waals surface area contributed by atoms with E-state index in [0.29, 0.717) is 12.1 Å². The van der Waals surface area contributed by atoms with Gasteiger partial charge in [-0.25, -0.2) is 0 Å². The molecular formula is C16H21BrN2S. The van der Waals surface area contributed by atoms with Gasteiger partial charge in [0.2, 0.25) is 0 Å². The lowest BCUT2D eigenvalue weighted by Gasteiger charge is -2.26. The second-order valence-electron chi connectivity index (χ2n) is 5.19. The third kappa shape index (κ3) is 4.16. The predicted octanol–water partition coefficient (Wildman–Crippen LogP) is 4.46. The molecule has 2 rings (SSSR count). The first-order chi connectivity index (χ1) is 9.58. The minimum absolute atomic E-state index is 0.373. The lowest BCUT2D eigenvalue weighted by molar-refractivity contribution is 0.282. The van der Waals surface area contributed by atoms with Crippen LogP contribution in [0.4, 0.5) is 0 Å². The molecule has 2 aromatic rings. The minimum atomic E-state index is 0.373. The molecule has 0 bridgehead atoms. The molecule has 0 saturated heterocycles. The molecule has 0 fully saturated rings. The van der Waals surface area contributed by atoms with E-state index in [1.807, 2.05) is 0 Å². The first-order valence-electron chi connectivity index (χ1n) is 6.76. The van der Waals surface area contributed by atoms with E-state index in [4.69, 9.17) is 0 Å². The van der Waals surface area contributed by atoms with Crippen molar-refractivity contribution < 1.29 is 0 Å². The van der Waals surface area contributed by atoms with Crippen molar-refractivity contribution in [3.05, 3.63) is 56.7 Å². The van der Waals surface area contributed by atoms with E-state index in [0.717, 1.165) is 6.54 Å². The zero-order valence-corrected chi connectivity index (χ0v) is 14.5. The Morgan fingerprint density at radius 1 is 1.25 bits per heavy atom. The van der Waals surface area contributed by atoms with E-state index < -0.39 is 0 Å². The van der Waals surface area contributed by atoms with Crippen LogP contribution in [-0.2, 0) is 0 Å². The Hall–Kier alpha value is -0.680. The van der Waals surface area contributed by atoms with Crippen molar-refractivity contribution >= 4 is 27.3 Å². The molecule has 4 heteroatoms. The maximum absolute atomic E-state index is 3.64. The van der Waals surface area contributed by atoms with E-state index in [1.54, 1.807) is 11.3 Å². The Morgan fingerprint density at radius 2 is 1.95 bits per heavy atom. The summed E-state index contributed by atoms with van der Waals surface area (Å²) in [6.07, 6.45) is 0. The van der Waals surface area contributed by atoms with Crippen LogP contribution in [0.5, 0.6) is 0 Å². The first kappa shape index (κ1) is 15.7. The fourth-order valence-corrected chi connectivity index (χ4v) is 3.70. The summed E-state index contributed by atoms with van der Waals surface area (Å²) in [7, 11) is 4.26. The number of hydrogen-bond acceptors (Lipinski definition) is 3. The molecule has 108 valence electrons. The fourth-order valence-electron chi connectivity index (χ4n) is 2.22. The first-order valence-corrected chi connectivity index (χ1v) is 8.44. The quantitative estimate of drug-likeness (QED) is 0.825. The molecule has 1 aromatic carbocycles. The summed E-state index contributed by atoms with van der Waals surface area (Å²) in [6, 6.07) is 13.6. The second-order valence-corrected chi connectivity index (χ2v) is 7.05. The van der Waals surface area contributed by atoms with Crippen LogP contribution in [0.25, 0.3) is 0 Å². The van der Waals surface area contributed by atoms with Crippen molar-refractivity contribution in [2.75, 3.05) is 20.6 Å². The van der Waals surface area contributed by atoms with Crippen LogP contribution in [0.3, 0.4) is 0 Å². The van der Waals surface area contributed by atoms with Gasteiger partial charge in [0, 0.05) is 33.4 Å². The number of likely N-dealkylation sites (N-methyl/N-ethyl adjacent to an activating group) is 1. The topological polar surface area (TPSA) is 15.3 Å². The van der Waals surface area contributed by atoms with E-state index >= 15 is 0 Å². The van der Waals surface area contributed by atoms with Gasteiger partial charge >= 0.3 is 0 Å². The molecule has 0 aliphatic heterocycles. The molecule has 0 saturated carbocycles. The average molecular weight is 353 g/mol. The Balaban J connectivity index is 1.99. The molecule has 2 nitrogen and oxygen atoms in total.